The summed E-state index contributed by atoms with van der Waals surface area (Å²) in [5.41, 5.74) is 0.122. The lowest BCUT2D eigenvalue weighted by molar-refractivity contribution is -0.122. The Labute approximate surface area is 163 Å². The molecule has 0 aromatic carbocycles. The first-order valence-corrected chi connectivity index (χ1v) is 10.2. The van der Waals surface area contributed by atoms with E-state index in [1.54, 1.807) is 0 Å². The van der Waals surface area contributed by atoms with Crippen LogP contribution < -0.4 is 10.6 Å². The number of aliphatic imine (C=N–C) groups is 1. The van der Waals surface area contributed by atoms with Crippen LogP contribution in [0.2, 0.25) is 0 Å². The van der Waals surface area contributed by atoms with Crippen molar-refractivity contribution in [1.82, 2.24) is 25.3 Å². The van der Waals surface area contributed by atoms with E-state index < -0.39 is 0 Å². The lowest BCUT2D eigenvalue weighted by Crippen LogP contribution is -2.59. The summed E-state index contributed by atoms with van der Waals surface area (Å²) in [6, 6.07) is 0.441. The van der Waals surface area contributed by atoms with Crippen LogP contribution in [0.25, 0.3) is 0 Å². The maximum Gasteiger partial charge on any atom is 0.234 e. The highest BCUT2D eigenvalue weighted by Gasteiger charge is 2.35. The van der Waals surface area contributed by atoms with E-state index >= 15 is 0 Å². The third-order valence-corrected chi connectivity index (χ3v) is 6.14. The van der Waals surface area contributed by atoms with Crippen molar-refractivity contribution in [2.45, 2.75) is 37.3 Å². The molecule has 1 amide bonds. The van der Waals surface area contributed by atoms with E-state index in [0.717, 1.165) is 77.6 Å². The summed E-state index contributed by atoms with van der Waals surface area (Å²) in [5, 5.41) is 6.67. The molecule has 27 heavy (non-hydrogen) atoms. The summed E-state index contributed by atoms with van der Waals surface area (Å²) < 4.78 is 5.56. The number of hydrogen-bond acceptors (Lipinski definition) is 5. The third kappa shape index (κ3) is 5.56. The van der Waals surface area contributed by atoms with Crippen molar-refractivity contribution in [2.75, 3.05) is 73.6 Å². The van der Waals surface area contributed by atoms with Gasteiger partial charge in [0.15, 0.2) is 5.96 Å². The number of amides is 1. The molecular formula is C19H36N6O2. The zero-order valence-electron chi connectivity index (χ0n) is 17.2. The van der Waals surface area contributed by atoms with Crippen LogP contribution in [0.15, 0.2) is 4.99 Å². The van der Waals surface area contributed by atoms with Gasteiger partial charge in [0, 0.05) is 64.6 Å². The molecule has 0 spiro atoms. The van der Waals surface area contributed by atoms with Crippen molar-refractivity contribution in [1.29, 1.82) is 0 Å². The molecule has 154 valence electrons. The molecule has 1 saturated carbocycles. The Morgan fingerprint density at radius 2 is 1.85 bits per heavy atom. The number of carbonyl (C=O) groups excluding carboxylic acids is 1. The Balaban J connectivity index is 1.45. The Kier molecular flexibility index (Phi) is 6.94. The van der Waals surface area contributed by atoms with Gasteiger partial charge in [0.1, 0.15) is 0 Å². The summed E-state index contributed by atoms with van der Waals surface area (Å²) in [6.45, 7) is 6.61. The van der Waals surface area contributed by atoms with Crippen LogP contribution in [0.1, 0.15) is 25.7 Å². The maximum atomic E-state index is 12.0. The lowest BCUT2D eigenvalue weighted by atomic mass is 9.88. The minimum absolute atomic E-state index is 0.122. The minimum atomic E-state index is 0.122. The number of ether oxygens (including phenoxy) is 1. The molecular weight excluding hydrogens is 344 g/mol. The van der Waals surface area contributed by atoms with Crippen LogP contribution in [0.4, 0.5) is 0 Å². The van der Waals surface area contributed by atoms with Gasteiger partial charge in [0.05, 0.1) is 6.54 Å². The largest absolute Gasteiger partial charge is 0.381 e. The number of piperazine rings is 1. The second kappa shape index (κ2) is 9.21. The predicted octanol–water partition coefficient (Wildman–Crippen LogP) is -0.431. The molecule has 0 aromatic rings. The molecule has 0 bridgehead atoms. The fraction of sp³-hybridized carbons (Fsp3) is 0.895. The van der Waals surface area contributed by atoms with Gasteiger partial charge in [-0.2, -0.15) is 0 Å². The van der Waals surface area contributed by atoms with Crippen LogP contribution in [-0.4, -0.2) is 112 Å². The number of hydrogen-bond donors (Lipinski definition) is 2. The average Bonchev–Trinajstić information content (AvgIpc) is 3.48. The van der Waals surface area contributed by atoms with Crippen LogP contribution in [0.3, 0.4) is 0 Å². The number of nitrogens with zero attached hydrogens (tertiary/aromatic N) is 4. The summed E-state index contributed by atoms with van der Waals surface area (Å²) >= 11 is 0. The smallest absolute Gasteiger partial charge is 0.234 e. The molecule has 2 heterocycles. The van der Waals surface area contributed by atoms with Gasteiger partial charge in [-0.1, -0.05) is 0 Å². The molecule has 3 aliphatic rings. The maximum absolute atomic E-state index is 12.0. The van der Waals surface area contributed by atoms with E-state index in [1.165, 1.54) is 0 Å². The number of carbonyl (C=O) groups is 1. The van der Waals surface area contributed by atoms with Crippen LogP contribution in [0, 0.1) is 0 Å². The van der Waals surface area contributed by atoms with E-state index in [2.05, 4.69) is 44.4 Å². The third-order valence-electron chi connectivity index (χ3n) is 6.14. The Morgan fingerprint density at radius 1 is 1.19 bits per heavy atom. The summed E-state index contributed by atoms with van der Waals surface area (Å²) in [7, 11) is 6.16. The van der Waals surface area contributed by atoms with Gasteiger partial charge in [-0.25, -0.2) is 0 Å². The van der Waals surface area contributed by atoms with E-state index in [-0.39, 0.29) is 11.4 Å². The minimum Gasteiger partial charge on any atom is -0.381 e. The first-order chi connectivity index (χ1) is 13.0. The monoisotopic (exact) mass is 380 g/mol. The summed E-state index contributed by atoms with van der Waals surface area (Å²) in [6.07, 6.45) is 4.35. The van der Waals surface area contributed by atoms with Crippen molar-refractivity contribution < 1.29 is 9.53 Å². The molecule has 0 aromatic heterocycles. The van der Waals surface area contributed by atoms with Gasteiger partial charge in [0.25, 0.3) is 0 Å². The number of likely N-dealkylation sites (N-methyl/N-ethyl adjacent to an activating group) is 1. The number of rotatable bonds is 6. The van der Waals surface area contributed by atoms with Gasteiger partial charge >= 0.3 is 0 Å². The van der Waals surface area contributed by atoms with Crippen LogP contribution in [0.5, 0.6) is 0 Å². The fourth-order valence-electron chi connectivity index (χ4n) is 3.93. The molecule has 0 radical (unpaired) electrons. The summed E-state index contributed by atoms with van der Waals surface area (Å²) in [4.78, 5) is 23.4. The molecule has 2 saturated heterocycles. The van der Waals surface area contributed by atoms with Gasteiger partial charge in [-0.3, -0.25) is 14.7 Å². The van der Waals surface area contributed by atoms with E-state index in [9.17, 15) is 4.79 Å². The quantitative estimate of drug-likeness (QED) is 0.481. The predicted molar refractivity (Wildman–Crippen MR) is 107 cm³/mol. The molecule has 1 aliphatic carbocycles. The highest BCUT2D eigenvalue weighted by molar-refractivity contribution is 5.80. The molecule has 0 unspecified atom stereocenters. The fourth-order valence-corrected chi connectivity index (χ4v) is 3.93. The van der Waals surface area contributed by atoms with Crippen molar-refractivity contribution in [2.24, 2.45) is 4.99 Å². The van der Waals surface area contributed by atoms with Gasteiger partial charge in [0.2, 0.25) is 5.91 Å². The zero-order valence-corrected chi connectivity index (χ0v) is 17.2. The van der Waals surface area contributed by atoms with Crippen molar-refractivity contribution in [3.8, 4) is 0 Å². The molecule has 0 atom stereocenters. The second-order valence-corrected chi connectivity index (χ2v) is 8.24. The van der Waals surface area contributed by atoms with E-state index in [4.69, 9.17) is 4.74 Å². The topological polar surface area (TPSA) is 72.4 Å². The molecule has 2 N–H and O–H groups in total. The normalized spacial score (nSPS) is 24.1. The van der Waals surface area contributed by atoms with Gasteiger partial charge in [-0.05, 0) is 39.8 Å². The van der Waals surface area contributed by atoms with E-state index in [0.29, 0.717) is 12.6 Å². The van der Waals surface area contributed by atoms with E-state index in [1.807, 2.05) is 7.05 Å². The Bertz CT molecular complexity index is 520. The Morgan fingerprint density at radius 3 is 2.41 bits per heavy atom. The first-order valence-electron chi connectivity index (χ1n) is 10.2. The van der Waals surface area contributed by atoms with Crippen molar-refractivity contribution in [3.05, 3.63) is 0 Å². The molecule has 8 nitrogen and oxygen atoms in total. The summed E-state index contributed by atoms with van der Waals surface area (Å²) in [5.74, 6) is 1.13. The second-order valence-electron chi connectivity index (χ2n) is 8.24. The lowest BCUT2D eigenvalue weighted by Gasteiger charge is -2.44. The first kappa shape index (κ1) is 20.4. The molecule has 2 aliphatic heterocycles. The zero-order chi connectivity index (χ0) is 19.3. The average molecular weight is 381 g/mol. The van der Waals surface area contributed by atoms with Crippen molar-refractivity contribution >= 4 is 11.9 Å². The standard InChI is InChI=1S/C19H36N6O2/c1-20-18(21-15-19(23(2)3)6-12-27-13-7-19)25-10-8-24(9-11-25)14-17(26)22-16-4-5-16/h16H,4-15H2,1-3H3,(H,20,21)(H,22,26). The number of guanidine groups is 1. The van der Waals surface area contributed by atoms with Gasteiger partial charge < -0.3 is 25.2 Å². The molecule has 3 fully saturated rings. The Hall–Kier alpha value is -1.38. The SMILES string of the molecule is CN=C(NCC1(N(C)C)CCOCC1)N1CCN(CC(=O)NC2CC2)CC1. The highest BCUT2D eigenvalue weighted by atomic mass is 16.5. The van der Waals surface area contributed by atoms with Gasteiger partial charge in [-0.15, -0.1) is 0 Å². The highest BCUT2D eigenvalue weighted by Crippen LogP contribution is 2.25. The van der Waals surface area contributed by atoms with Crippen molar-refractivity contribution in [3.63, 3.8) is 0 Å². The van der Waals surface area contributed by atoms with Crippen LogP contribution in [-0.2, 0) is 9.53 Å². The number of nitrogens with one attached hydrogen (secondary N) is 2. The van der Waals surface area contributed by atoms with Crippen LogP contribution >= 0.6 is 0 Å². The molecule has 3 rings (SSSR count). The molecule has 8 heteroatoms.